The van der Waals surface area contributed by atoms with Gasteiger partial charge in [-0.2, -0.15) is 0 Å². The van der Waals surface area contributed by atoms with Gasteiger partial charge in [0.2, 0.25) is 20.0 Å². The van der Waals surface area contributed by atoms with E-state index in [-0.39, 0.29) is 0 Å². The summed E-state index contributed by atoms with van der Waals surface area (Å²) in [4.78, 5) is 0. The third-order valence-corrected chi connectivity index (χ3v) is 4.69. The predicted molar refractivity (Wildman–Crippen MR) is 35.7 cm³/mol. The normalized spacial score (nSPS) is 31.2. The quantitative estimate of drug-likeness (QED) is 0.562. The first-order chi connectivity index (χ1) is 5.12. The molecule has 1 aliphatic heterocycles. The third-order valence-electron chi connectivity index (χ3n) is 1.06. The van der Waals surface area contributed by atoms with E-state index in [0.29, 0.717) is 0 Å². The zero-order chi connectivity index (χ0) is 9.62. The Bertz CT molecular complexity index is 347. The van der Waals surface area contributed by atoms with Gasteiger partial charge in [-0.25, -0.2) is 25.6 Å². The molecule has 0 aromatic carbocycles. The first kappa shape index (κ1) is 9.81. The van der Waals surface area contributed by atoms with Gasteiger partial charge in [0, 0.05) is 0 Å². The summed E-state index contributed by atoms with van der Waals surface area (Å²) in [5, 5.41) is 0. The Labute approximate surface area is 67.9 Å². The summed E-state index contributed by atoms with van der Waals surface area (Å²) in [6.07, 6.45) is 0. The number of hydrogen-bond donors (Lipinski definition) is 1. The highest BCUT2D eigenvalue weighted by Gasteiger charge is 2.46. The minimum absolute atomic E-state index is 1.15. The van der Waals surface area contributed by atoms with Crippen molar-refractivity contribution in [3.63, 3.8) is 0 Å². The van der Waals surface area contributed by atoms with Crippen LogP contribution in [0, 0.1) is 0 Å². The summed E-state index contributed by atoms with van der Waals surface area (Å²) in [6.45, 7) is 0. The number of sulfonamides is 2. The second-order valence-corrected chi connectivity index (χ2v) is 6.16. The molecule has 0 aromatic rings. The first-order valence-electron chi connectivity index (χ1n) is 2.74. The van der Waals surface area contributed by atoms with Crippen LogP contribution < -0.4 is 4.13 Å². The Morgan fingerprint density at radius 2 is 1.33 bits per heavy atom. The lowest BCUT2D eigenvalue weighted by Gasteiger charge is -2.21. The molecular formula is C3H5F2NO4S2. The Morgan fingerprint density at radius 3 is 1.58 bits per heavy atom. The van der Waals surface area contributed by atoms with Gasteiger partial charge >= 0.3 is 0 Å². The fourth-order valence-corrected chi connectivity index (χ4v) is 4.31. The molecule has 1 aliphatic rings. The molecule has 0 aliphatic carbocycles. The number of hydrogen-bond acceptors (Lipinski definition) is 4. The molecule has 0 atom stereocenters. The van der Waals surface area contributed by atoms with Crippen molar-refractivity contribution in [2.24, 2.45) is 0 Å². The molecular weight excluding hydrogens is 216 g/mol. The van der Waals surface area contributed by atoms with E-state index in [1.165, 1.54) is 0 Å². The van der Waals surface area contributed by atoms with Crippen LogP contribution in [-0.4, -0.2) is 34.3 Å². The second-order valence-electron chi connectivity index (χ2n) is 2.46. The molecule has 1 saturated heterocycles. The number of rotatable bonds is 0. The summed E-state index contributed by atoms with van der Waals surface area (Å²) in [6, 6.07) is 0. The van der Waals surface area contributed by atoms with Gasteiger partial charge in [0.05, 0.1) is 0 Å². The summed E-state index contributed by atoms with van der Waals surface area (Å²) < 4.78 is 68.0. The van der Waals surface area contributed by atoms with Crippen LogP contribution in [0.15, 0.2) is 0 Å². The molecule has 0 aromatic heterocycles. The number of halogens is 2. The molecule has 1 rings (SSSR count). The number of alkyl halides is 2. The van der Waals surface area contributed by atoms with Crippen LogP contribution in [0.1, 0.15) is 0 Å². The van der Waals surface area contributed by atoms with Gasteiger partial charge < -0.3 is 0 Å². The van der Waals surface area contributed by atoms with E-state index in [0.717, 1.165) is 4.13 Å². The van der Waals surface area contributed by atoms with Gasteiger partial charge in [0.15, 0.2) is 0 Å². The van der Waals surface area contributed by atoms with Crippen LogP contribution in [0.2, 0.25) is 0 Å². The molecule has 0 bridgehead atoms. The fourth-order valence-electron chi connectivity index (χ4n) is 0.850. The highest BCUT2D eigenvalue weighted by Crippen LogP contribution is 2.22. The molecule has 1 fully saturated rings. The molecule has 12 heavy (non-hydrogen) atoms. The van der Waals surface area contributed by atoms with E-state index in [4.69, 9.17) is 0 Å². The lowest BCUT2D eigenvalue weighted by atomic mass is 10.5. The summed E-state index contributed by atoms with van der Waals surface area (Å²) in [7, 11) is -8.77. The van der Waals surface area contributed by atoms with Crippen LogP contribution in [-0.2, 0) is 20.0 Å². The largest absolute Gasteiger partial charge is 0.278 e. The predicted octanol–water partition coefficient (Wildman–Crippen LogP) is -1.12. The zero-order valence-electron chi connectivity index (χ0n) is 5.62. The first-order valence-corrected chi connectivity index (χ1v) is 6.04. The van der Waals surface area contributed by atoms with Gasteiger partial charge in [0.1, 0.15) is 11.5 Å². The van der Waals surface area contributed by atoms with Crippen molar-refractivity contribution in [2.45, 2.75) is 5.92 Å². The third kappa shape index (κ3) is 2.35. The number of nitrogens with one attached hydrogen (secondary N) is 1. The van der Waals surface area contributed by atoms with E-state index in [1.54, 1.807) is 0 Å². The van der Waals surface area contributed by atoms with E-state index in [1.807, 2.05) is 0 Å². The molecule has 1 N–H and O–H groups in total. The molecule has 0 unspecified atom stereocenters. The monoisotopic (exact) mass is 221 g/mol. The summed E-state index contributed by atoms with van der Waals surface area (Å²) >= 11 is 0. The van der Waals surface area contributed by atoms with Crippen molar-refractivity contribution in [3.8, 4) is 0 Å². The van der Waals surface area contributed by atoms with Crippen molar-refractivity contribution in [1.82, 2.24) is 4.13 Å². The molecule has 1 heterocycles. The highest BCUT2D eigenvalue weighted by atomic mass is 32.3. The highest BCUT2D eigenvalue weighted by molar-refractivity contribution is 8.05. The van der Waals surface area contributed by atoms with E-state index in [9.17, 15) is 25.6 Å². The summed E-state index contributed by atoms with van der Waals surface area (Å²) in [5.74, 6) is -6.64. The van der Waals surface area contributed by atoms with Crippen LogP contribution >= 0.6 is 0 Å². The molecule has 9 heteroatoms. The van der Waals surface area contributed by atoms with Gasteiger partial charge in [-0.05, 0) is 0 Å². The van der Waals surface area contributed by atoms with Crippen molar-refractivity contribution >= 4 is 20.0 Å². The van der Waals surface area contributed by atoms with Crippen molar-refractivity contribution in [2.75, 3.05) is 11.5 Å². The summed E-state index contributed by atoms with van der Waals surface area (Å²) in [5.41, 5.74) is 0. The molecule has 0 saturated carbocycles. The SMILES string of the molecule is O=S1(=O)CC(F)(F)CS(=O)(=O)N1. The van der Waals surface area contributed by atoms with E-state index in [2.05, 4.69) is 0 Å². The lowest BCUT2D eigenvalue weighted by molar-refractivity contribution is 0.0492. The maximum Gasteiger partial charge on any atom is 0.278 e. The van der Waals surface area contributed by atoms with Gasteiger partial charge in [-0.1, -0.05) is 0 Å². The Morgan fingerprint density at radius 1 is 1.00 bits per heavy atom. The van der Waals surface area contributed by atoms with Crippen molar-refractivity contribution in [3.05, 3.63) is 0 Å². The van der Waals surface area contributed by atoms with Crippen LogP contribution in [0.3, 0.4) is 0 Å². The van der Waals surface area contributed by atoms with Crippen LogP contribution in [0.25, 0.3) is 0 Å². The van der Waals surface area contributed by atoms with Crippen LogP contribution in [0.4, 0.5) is 8.78 Å². The topological polar surface area (TPSA) is 80.3 Å². The molecule has 0 spiro atoms. The fraction of sp³-hybridized carbons (Fsp3) is 1.00. The molecule has 5 nitrogen and oxygen atoms in total. The zero-order valence-corrected chi connectivity index (χ0v) is 7.25. The second kappa shape index (κ2) is 2.36. The Kier molecular flexibility index (Phi) is 1.93. The smallest absolute Gasteiger partial charge is 0.211 e. The van der Waals surface area contributed by atoms with E-state index >= 15 is 0 Å². The minimum Gasteiger partial charge on any atom is -0.211 e. The van der Waals surface area contributed by atoms with Crippen molar-refractivity contribution in [1.29, 1.82) is 0 Å². The standard InChI is InChI=1S/C3H5F2NO4S2/c4-3(5)1-11(7,8)6-12(9,10)2-3/h6H,1-2H2. The maximum absolute atomic E-state index is 12.4. The van der Waals surface area contributed by atoms with Gasteiger partial charge in [-0.15, -0.1) is 4.13 Å². The van der Waals surface area contributed by atoms with Crippen molar-refractivity contribution < 1.29 is 25.6 Å². The lowest BCUT2D eigenvalue weighted by Crippen LogP contribution is -2.51. The Balaban J connectivity index is 3.14. The van der Waals surface area contributed by atoms with E-state index < -0.39 is 37.5 Å². The maximum atomic E-state index is 12.4. The minimum atomic E-state index is -4.39. The molecule has 0 amide bonds. The molecule has 72 valence electrons. The molecule has 0 radical (unpaired) electrons. The van der Waals surface area contributed by atoms with Gasteiger partial charge in [-0.3, -0.25) is 0 Å². The average Bonchev–Trinajstić information content (AvgIpc) is 1.44. The van der Waals surface area contributed by atoms with Gasteiger partial charge in [0.25, 0.3) is 5.92 Å². The average molecular weight is 221 g/mol. The van der Waals surface area contributed by atoms with Crippen LogP contribution in [0.5, 0.6) is 0 Å². The Hall–Kier alpha value is -0.280.